The van der Waals surface area contributed by atoms with E-state index in [1.165, 1.54) is 4.90 Å². The number of hydrogen-bond acceptors (Lipinski definition) is 4. The zero-order valence-electron chi connectivity index (χ0n) is 10.8. The smallest absolute Gasteiger partial charge is 0.272 e. The van der Waals surface area contributed by atoms with Crippen LogP contribution >= 0.6 is 0 Å². The molecule has 1 fully saturated rings. The van der Waals surface area contributed by atoms with Gasteiger partial charge >= 0.3 is 0 Å². The highest BCUT2D eigenvalue weighted by molar-refractivity contribution is 5.92. The number of amides is 1. The molecule has 1 aliphatic rings. The van der Waals surface area contributed by atoms with E-state index in [1.807, 2.05) is 12.1 Å². The standard InChI is InChI=1S/C13H19N3O2/c1-16(2)12(18)10-4-3-5-11(15-10)14-8-13(9-17)6-7-13/h3-5,17H,6-9H2,1-2H3,(H,14,15). The number of anilines is 1. The average Bonchev–Trinajstić information content (AvgIpc) is 3.16. The number of rotatable bonds is 5. The van der Waals surface area contributed by atoms with Gasteiger partial charge < -0.3 is 15.3 Å². The van der Waals surface area contributed by atoms with Gasteiger partial charge in [0.2, 0.25) is 0 Å². The van der Waals surface area contributed by atoms with Crippen LogP contribution in [0.25, 0.3) is 0 Å². The van der Waals surface area contributed by atoms with Crippen LogP contribution in [0.15, 0.2) is 18.2 Å². The second-order valence-corrected chi connectivity index (χ2v) is 5.12. The molecule has 5 nitrogen and oxygen atoms in total. The van der Waals surface area contributed by atoms with Crippen LogP contribution in [0.5, 0.6) is 0 Å². The zero-order valence-corrected chi connectivity index (χ0v) is 10.8. The quantitative estimate of drug-likeness (QED) is 0.816. The van der Waals surface area contributed by atoms with Gasteiger partial charge in [-0.1, -0.05) is 6.07 Å². The Balaban J connectivity index is 2.01. The van der Waals surface area contributed by atoms with Crippen LogP contribution in [0.2, 0.25) is 0 Å². The molecule has 1 aromatic heterocycles. The minimum atomic E-state index is -0.109. The maximum Gasteiger partial charge on any atom is 0.272 e. The van der Waals surface area contributed by atoms with E-state index in [0.717, 1.165) is 12.8 Å². The number of carbonyl (C=O) groups excluding carboxylic acids is 1. The maximum absolute atomic E-state index is 11.8. The monoisotopic (exact) mass is 249 g/mol. The predicted molar refractivity (Wildman–Crippen MR) is 69.5 cm³/mol. The SMILES string of the molecule is CN(C)C(=O)c1cccc(NCC2(CO)CC2)n1. The van der Waals surface area contributed by atoms with Gasteiger partial charge in [-0.15, -0.1) is 0 Å². The van der Waals surface area contributed by atoms with Crippen LogP contribution in [0.3, 0.4) is 0 Å². The number of pyridine rings is 1. The van der Waals surface area contributed by atoms with Gasteiger partial charge in [0.15, 0.2) is 0 Å². The van der Waals surface area contributed by atoms with Crippen LogP contribution in [-0.4, -0.2) is 48.1 Å². The summed E-state index contributed by atoms with van der Waals surface area (Å²) in [7, 11) is 3.41. The Bertz CT molecular complexity index is 442. The molecule has 0 radical (unpaired) electrons. The molecule has 0 saturated heterocycles. The Labute approximate surface area is 107 Å². The van der Waals surface area contributed by atoms with E-state index in [4.69, 9.17) is 0 Å². The van der Waals surface area contributed by atoms with Gasteiger partial charge in [0.25, 0.3) is 5.91 Å². The fourth-order valence-corrected chi connectivity index (χ4v) is 1.73. The Morgan fingerprint density at radius 2 is 2.22 bits per heavy atom. The Hall–Kier alpha value is -1.62. The molecule has 1 amide bonds. The largest absolute Gasteiger partial charge is 0.396 e. The molecule has 0 bridgehead atoms. The summed E-state index contributed by atoms with van der Waals surface area (Å²) in [5, 5.41) is 12.4. The van der Waals surface area contributed by atoms with Crippen molar-refractivity contribution in [3.63, 3.8) is 0 Å². The normalized spacial score (nSPS) is 16.2. The van der Waals surface area contributed by atoms with Crippen molar-refractivity contribution in [2.75, 3.05) is 32.6 Å². The summed E-state index contributed by atoms with van der Waals surface area (Å²) in [6.07, 6.45) is 2.10. The second-order valence-electron chi connectivity index (χ2n) is 5.12. The molecule has 0 spiro atoms. The highest BCUT2D eigenvalue weighted by atomic mass is 16.3. The number of aliphatic hydroxyl groups is 1. The lowest BCUT2D eigenvalue weighted by atomic mass is 10.1. The molecule has 1 aliphatic carbocycles. The highest BCUT2D eigenvalue weighted by Crippen LogP contribution is 2.44. The Morgan fingerprint density at radius 1 is 1.50 bits per heavy atom. The zero-order chi connectivity index (χ0) is 13.2. The summed E-state index contributed by atoms with van der Waals surface area (Å²) in [5.74, 6) is 0.573. The topological polar surface area (TPSA) is 65.5 Å². The van der Waals surface area contributed by atoms with Gasteiger partial charge in [-0.2, -0.15) is 0 Å². The third kappa shape index (κ3) is 2.79. The fourth-order valence-electron chi connectivity index (χ4n) is 1.73. The average molecular weight is 249 g/mol. The molecule has 0 aromatic carbocycles. The number of aromatic nitrogens is 1. The molecular weight excluding hydrogens is 230 g/mol. The van der Waals surface area contributed by atoms with Gasteiger partial charge in [0.1, 0.15) is 11.5 Å². The van der Waals surface area contributed by atoms with E-state index in [-0.39, 0.29) is 17.9 Å². The number of carbonyl (C=O) groups is 1. The van der Waals surface area contributed by atoms with Crippen molar-refractivity contribution < 1.29 is 9.90 Å². The van der Waals surface area contributed by atoms with Crippen LogP contribution in [0.1, 0.15) is 23.3 Å². The van der Waals surface area contributed by atoms with E-state index < -0.39 is 0 Å². The van der Waals surface area contributed by atoms with Crippen molar-refractivity contribution in [2.45, 2.75) is 12.8 Å². The summed E-state index contributed by atoms with van der Waals surface area (Å²) in [5.41, 5.74) is 0.460. The lowest BCUT2D eigenvalue weighted by Gasteiger charge is -2.14. The minimum absolute atomic E-state index is 0.0310. The first kappa shape index (κ1) is 12.8. The van der Waals surface area contributed by atoms with Gasteiger partial charge in [0, 0.05) is 26.1 Å². The summed E-state index contributed by atoms with van der Waals surface area (Å²) < 4.78 is 0. The molecule has 1 aromatic rings. The first-order valence-corrected chi connectivity index (χ1v) is 6.10. The summed E-state index contributed by atoms with van der Waals surface area (Å²) in [6.45, 7) is 0.909. The maximum atomic E-state index is 11.8. The lowest BCUT2D eigenvalue weighted by molar-refractivity contribution is 0.0822. The van der Waals surface area contributed by atoms with Gasteiger partial charge in [-0.25, -0.2) is 4.98 Å². The van der Waals surface area contributed by atoms with Crippen molar-refractivity contribution in [3.05, 3.63) is 23.9 Å². The van der Waals surface area contributed by atoms with Crippen LogP contribution in [-0.2, 0) is 0 Å². The van der Waals surface area contributed by atoms with Crippen molar-refractivity contribution in [2.24, 2.45) is 5.41 Å². The summed E-state index contributed by atoms with van der Waals surface area (Å²) >= 11 is 0. The molecule has 1 heterocycles. The minimum Gasteiger partial charge on any atom is -0.396 e. The van der Waals surface area contributed by atoms with Crippen molar-refractivity contribution in [1.82, 2.24) is 9.88 Å². The van der Waals surface area contributed by atoms with E-state index in [0.29, 0.717) is 18.1 Å². The lowest BCUT2D eigenvalue weighted by Crippen LogP contribution is -2.24. The van der Waals surface area contributed by atoms with Crippen LogP contribution < -0.4 is 5.32 Å². The first-order chi connectivity index (χ1) is 8.56. The Morgan fingerprint density at radius 3 is 2.78 bits per heavy atom. The van der Waals surface area contributed by atoms with E-state index in [1.54, 1.807) is 20.2 Å². The van der Waals surface area contributed by atoms with E-state index in [9.17, 15) is 9.90 Å². The van der Waals surface area contributed by atoms with E-state index >= 15 is 0 Å². The third-order valence-electron chi connectivity index (χ3n) is 3.31. The Kier molecular flexibility index (Phi) is 3.52. The molecule has 0 atom stereocenters. The molecule has 0 unspecified atom stereocenters. The summed E-state index contributed by atoms with van der Waals surface area (Å²) in [4.78, 5) is 17.5. The number of nitrogens with one attached hydrogen (secondary N) is 1. The summed E-state index contributed by atoms with van der Waals surface area (Å²) in [6, 6.07) is 5.34. The molecule has 1 saturated carbocycles. The van der Waals surface area contributed by atoms with Crippen molar-refractivity contribution >= 4 is 11.7 Å². The van der Waals surface area contributed by atoms with Crippen molar-refractivity contribution in [1.29, 1.82) is 0 Å². The molecule has 0 aliphatic heterocycles. The molecule has 2 N–H and O–H groups in total. The van der Waals surface area contributed by atoms with Crippen molar-refractivity contribution in [3.8, 4) is 0 Å². The number of hydrogen-bond donors (Lipinski definition) is 2. The van der Waals surface area contributed by atoms with Gasteiger partial charge in [-0.3, -0.25) is 4.79 Å². The predicted octanol–water partition coefficient (Wildman–Crippen LogP) is 0.968. The van der Waals surface area contributed by atoms with Crippen LogP contribution in [0.4, 0.5) is 5.82 Å². The highest BCUT2D eigenvalue weighted by Gasteiger charge is 2.41. The molecule has 2 rings (SSSR count). The number of aliphatic hydroxyl groups excluding tert-OH is 1. The molecule has 98 valence electrons. The van der Waals surface area contributed by atoms with Gasteiger partial charge in [0.05, 0.1) is 6.61 Å². The third-order valence-corrected chi connectivity index (χ3v) is 3.31. The fraction of sp³-hybridized carbons (Fsp3) is 0.538. The molecule has 18 heavy (non-hydrogen) atoms. The first-order valence-electron chi connectivity index (χ1n) is 6.10. The van der Waals surface area contributed by atoms with E-state index in [2.05, 4.69) is 10.3 Å². The number of nitrogens with zero attached hydrogens (tertiary/aromatic N) is 2. The molecular formula is C13H19N3O2. The second kappa shape index (κ2) is 4.94. The van der Waals surface area contributed by atoms with Crippen LogP contribution in [0, 0.1) is 5.41 Å². The van der Waals surface area contributed by atoms with Gasteiger partial charge in [-0.05, 0) is 25.0 Å². The molecule has 5 heteroatoms.